The van der Waals surface area contributed by atoms with Crippen LogP contribution >= 0.6 is 0 Å². The van der Waals surface area contributed by atoms with Crippen molar-refractivity contribution in [2.24, 2.45) is 0 Å². The predicted octanol–water partition coefficient (Wildman–Crippen LogP) is 7.22. The van der Waals surface area contributed by atoms with Gasteiger partial charge in [-0.1, -0.05) is 109 Å². The van der Waals surface area contributed by atoms with Crippen LogP contribution < -0.4 is 0 Å². The van der Waals surface area contributed by atoms with E-state index in [9.17, 15) is 0 Å². The molecule has 2 aliphatic carbocycles. The molecule has 0 aliphatic heterocycles. The van der Waals surface area contributed by atoms with E-state index in [2.05, 4.69) is 19.9 Å². The lowest BCUT2D eigenvalue weighted by atomic mass is 9.26. The summed E-state index contributed by atoms with van der Waals surface area (Å²) in [5.74, 6) is 2.05. The average molecular weight is 288 g/mol. The second kappa shape index (κ2) is 9.75. The Kier molecular flexibility index (Phi) is 7.97. The van der Waals surface area contributed by atoms with E-state index in [1.165, 1.54) is 89.9 Å². The van der Waals surface area contributed by atoms with Gasteiger partial charge in [0.1, 0.15) is 0 Å². The van der Waals surface area contributed by atoms with Crippen LogP contribution in [0, 0.1) is 0 Å². The first-order chi connectivity index (χ1) is 10.4. The SMILES string of the molecule is CCC/C=C(\CCC)B(C1CCCCC1)C1CCCCC1. The van der Waals surface area contributed by atoms with E-state index in [4.69, 9.17) is 0 Å². The Bertz CT molecular complexity index is 277. The Morgan fingerprint density at radius 1 is 0.810 bits per heavy atom. The minimum atomic E-state index is 0.956. The van der Waals surface area contributed by atoms with Gasteiger partial charge < -0.3 is 0 Å². The first kappa shape index (κ1) is 17.2. The first-order valence-electron chi connectivity index (χ1n) is 10.1. The lowest BCUT2D eigenvalue weighted by Gasteiger charge is -2.37. The van der Waals surface area contributed by atoms with Crippen molar-refractivity contribution in [3.63, 3.8) is 0 Å². The molecule has 0 nitrogen and oxygen atoms in total. The maximum atomic E-state index is 2.66. The largest absolute Gasteiger partial charge is 0.176 e. The fourth-order valence-corrected chi connectivity index (χ4v) is 5.00. The number of hydrogen-bond donors (Lipinski definition) is 0. The van der Waals surface area contributed by atoms with E-state index in [1.807, 2.05) is 5.47 Å². The second-order valence-corrected chi connectivity index (χ2v) is 7.64. The Labute approximate surface area is 134 Å². The van der Waals surface area contributed by atoms with Gasteiger partial charge in [-0.15, -0.1) is 5.47 Å². The molecule has 0 heterocycles. The molecule has 120 valence electrons. The standard InChI is InChI=1S/C20H37B/c1-3-5-13-18(12-4-2)21(19-14-8-6-9-15-19)20-16-10-7-11-17-20/h13,19-20H,3-12,14-17H2,1-2H3/b18-13+. The summed E-state index contributed by atoms with van der Waals surface area (Å²) >= 11 is 0. The van der Waals surface area contributed by atoms with Crippen LogP contribution in [0.3, 0.4) is 0 Å². The van der Waals surface area contributed by atoms with Crippen LogP contribution in [-0.4, -0.2) is 6.71 Å². The van der Waals surface area contributed by atoms with Gasteiger partial charge in [0.15, 0.2) is 6.71 Å². The van der Waals surface area contributed by atoms with Gasteiger partial charge in [-0.3, -0.25) is 0 Å². The zero-order valence-corrected chi connectivity index (χ0v) is 14.7. The number of unbranched alkanes of at least 4 members (excludes halogenated alkanes) is 1. The lowest BCUT2D eigenvalue weighted by molar-refractivity contribution is 0.462. The second-order valence-electron chi connectivity index (χ2n) is 7.64. The van der Waals surface area contributed by atoms with E-state index >= 15 is 0 Å². The summed E-state index contributed by atoms with van der Waals surface area (Å²) in [5, 5.41) is 0. The monoisotopic (exact) mass is 288 g/mol. The highest BCUT2D eigenvalue weighted by atomic mass is 14.2. The molecule has 2 fully saturated rings. The fourth-order valence-electron chi connectivity index (χ4n) is 5.00. The van der Waals surface area contributed by atoms with Crippen LogP contribution in [0.1, 0.15) is 104 Å². The van der Waals surface area contributed by atoms with Crippen molar-refractivity contribution in [2.75, 3.05) is 0 Å². The fraction of sp³-hybridized carbons (Fsp3) is 0.900. The van der Waals surface area contributed by atoms with Crippen molar-refractivity contribution in [3.8, 4) is 0 Å². The molecule has 0 amide bonds. The van der Waals surface area contributed by atoms with E-state index < -0.39 is 0 Å². The Morgan fingerprint density at radius 3 is 1.76 bits per heavy atom. The molecule has 0 radical (unpaired) electrons. The topological polar surface area (TPSA) is 0 Å². The van der Waals surface area contributed by atoms with Gasteiger partial charge >= 0.3 is 0 Å². The zero-order valence-electron chi connectivity index (χ0n) is 14.7. The van der Waals surface area contributed by atoms with Crippen molar-refractivity contribution < 1.29 is 0 Å². The van der Waals surface area contributed by atoms with Gasteiger partial charge in [0, 0.05) is 0 Å². The summed E-state index contributed by atoms with van der Waals surface area (Å²) in [7, 11) is 0. The minimum absolute atomic E-state index is 0.956. The van der Waals surface area contributed by atoms with Crippen molar-refractivity contribution in [1.82, 2.24) is 0 Å². The van der Waals surface area contributed by atoms with E-state index in [1.54, 1.807) is 0 Å². The van der Waals surface area contributed by atoms with Crippen LogP contribution in [-0.2, 0) is 0 Å². The average Bonchev–Trinajstić information content (AvgIpc) is 2.55. The van der Waals surface area contributed by atoms with Crippen LogP contribution in [0.2, 0.25) is 11.6 Å². The zero-order chi connectivity index (χ0) is 14.9. The van der Waals surface area contributed by atoms with Gasteiger partial charge in [-0.05, 0) is 12.8 Å². The molecule has 0 spiro atoms. The molecule has 0 N–H and O–H groups in total. The summed E-state index contributed by atoms with van der Waals surface area (Å²) in [6.45, 7) is 5.66. The molecule has 2 rings (SSSR count). The van der Waals surface area contributed by atoms with E-state index in [0.717, 1.165) is 18.3 Å². The molecule has 21 heavy (non-hydrogen) atoms. The summed E-state index contributed by atoms with van der Waals surface area (Å²) < 4.78 is 0. The Morgan fingerprint density at radius 2 is 1.33 bits per heavy atom. The number of rotatable bonds is 7. The van der Waals surface area contributed by atoms with Gasteiger partial charge in [-0.25, -0.2) is 0 Å². The lowest BCUT2D eigenvalue weighted by Crippen LogP contribution is -2.32. The van der Waals surface area contributed by atoms with Crippen LogP contribution in [0.4, 0.5) is 0 Å². The van der Waals surface area contributed by atoms with Crippen molar-refractivity contribution in [1.29, 1.82) is 0 Å². The number of allylic oxidation sites excluding steroid dienone is 2. The summed E-state index contributed by atoms with van der Waals surface area (Å²) in [6.07, 6.45) is 23.1. The van der Waals surface area contributed by atoms with E-state index in [0.29, 0.717) is 0 Å². The highest BCUT2D eigenvalue weighted by Gasteiger charge is 2.36. The molecule has 0 bridgehead atoms. The minimum Gasteiger partial charge on any atom is -0.104 e. The first-order valence-corrected chi connectivity index (χ1v) is 10.1. The van der Waals surface area contributed by atoms with Crippen molar-refractivity contribution in [2.45, 2.75) is 115 Å². The Balaban J connectivity index is 2.14. The quantitative estimate of drug-likeness (QED) is 0.434. The molecular formula is C20H37B. The third-order valence-corrected chi connectivity index (χ3v) is 5.98. The smallest absolute Gasteiger partial charge is 0.104 e. The molecule has 0 aromatic rings. The van der Waals surface area contributed by atoms with Crippen LogP contribution in [0.25, 0.3) is 0 Å². The third kappa shape index (κ3) is 5.18. The highest BCUT2D eigenvalue weighted by Crippen LogP contribution is 2.44. The van der Waals surface area contributed by atoms with Gasteiger partial charge in [0.2, 0.25) is 0 Å². The van der Waals surface area contributed by atoms with Gasteiger partial charge in [-0.2, -0.15) is 0 Å². The summed E-state index contributed by atoms with van der Waals surface area (Å²) in [4.78, 5) is 0. The summed E-state index contributed by atoms with van der Waals surface area (Å²) in [6, 6.07) is 0. The van der Waals surface area contributed by atoms with Crippen LogP contribution in [0.5, 0.6) is 0 Å². The summed E-state index contributed by atoms with van der Waals surface area (Å²) in [5.41, 5.74) is 1.87. The molecular weight excluding hydrogens is 251 g/mol. The van der Waals surface area contributed by atoms with Crippen molar-refractivity contribution in [3.05, 3.63) is 11.5 Å². The maximum absolute atomic E-state index is 2.66. The van der Waals surface area contributed by atoms with Gasteiger partial charge in [0.25, 0.3) is 0 Å². The van der Waals surface area contributed by atoms with E-state index in [-0.39, 0.29) is 0 Å². The Hall–Kier alpha value is -0.195. The highest BCUT2D eigenvalue weighted by molar-refractivity contribution is 6.69. The third-order valence-electron chi connectivity index (χ3n) is 5.98. The molecule has 0 unspecified atom stereocenters. The van der Waals surface area contributed by atoms with Gasteiger partial charge in [0.05, 0.1) is 0 Å². The molecule has 1 heteroatoms. The number of hydrogen-bond acceptors (Lipinski definition) is 0. The maximum Gasteiger partial charge on any atom is 0.176 e. The molecule has 0 saturated heterocycles. The van der Waals surface area contributed by atoms with Crippen LogP contribution in [0.15, 0.2) is 11.5 Å². The predicted molar refractivity (Wildman–Crippen MR) is 97.3 cm³/mol. The van der Waals surface area contributed by atoms with Crippen molar-refractivity contribution >= 4 is 6.71 Å². The molecule has 2 saturated carbocycles. The molecule has 2 aliphatic rings. The molecule has 0 aromatic carbocycles. The normalized spacial score (nSPS) is 22.5. The molecule has 0 atom stereocenters. The molecule has 0 aromatic heterocycles.